The minimum atomic E-state index is -0.647. The van der Waals surface area contributed by atoms with Gasteiger partial charge in [-0.3, -0.25) is 4.79 Å². The van der Waals surface area contributed by atoms with E-state index < -0.39 is 17.8 Å². The predicted octanol–water partition coefficient (Wildman–Crippen LogP) is 3.30. The Kier molecular flexibility index (Phi) is 6.21. The Bertz CT molecular complexity index is 931. The molecule has 1 aliphatic rings. The number of urea groups is 1. The van der Waals surface area contributed by atoms with E-state index in [1.165, 1.54) is 35.2 Å². The second kappa shape index (κ2) is 8.81. The van der Waals surface area contributed by atoms with Crippen LogP contribution < -0.4 is 5.32 Å². The molecule has 1 heterocycles. The number of hydrogen-bond donors (Lipinski definition) is 1. The number of halogens is 2. The van der Waals surface area contributed by atoms with Gasteiger partial charge >= 0.3 is 6.03 Å². The van der Waals surface area contributed by atoms with Crippen LogP contribution in [0.5, 0.6) is 0 Å². The quantitative estimate of drug-likeness (QED) is 0.837. The summed E-state index contributed by atoms with van der Waals surface area (Å²) in [7, 11) is 1.50. The normalized spacial score (nSPS) is 15.8. The van der Waals surface area contributed by atoms with E-state index in [1.807, 2.05) is 0 Å². The third-order valence-corrected chi connectivity index (χ3v) is 4.65. The molecule has 0 radical (unpaired) electrons. The maximum absolute atomic E-state index is 14.4. The first kappa shape index (κ1) is 20.4. The Hall–Kier alpha value is -3.29. The van der Waals surface area contributed by atoms with E-state index in [1.54, 1.807) is 37.3 Å². The van der Waals surface area contributed by atoms with Gasteiger partial charge in [-0.15, -0.1) is 0 Å². The zero-order chi connectivity index (χ0) is 21.0. The Balaban J connectivity index is 1.89. The van der Waals surface area contributed by atoms with E-state index in [0.717, 1.165) is 0 Å². The van der Waals surface area contributed by atoms with E-state index in [2.05, 4.69) is 10.4 Å². The van der Waals surface area contributed by atoms with Crippen LogP contribution in [-0.4, -0.2) is 47.7 Å². The van der Waals surface area contributed by atoms with Crippen LogP contribution in [-0.2, 0) is 4.79 Å². The van der Waals surface area contributed by atoms with Gasteiger partial charge in [-0.2, -0.15) is 5.10 Å². The van der Waals surface area contributed by atoms with Gasteiger partial charge in [-0.1, -0.05) is 30.3 Å². The molecule has 1 aliphatic heterocycles. The van der Waals surface area contributed by atoms with Crippen molar-refractivity contribution >= 4 is 17.6 Å². The van der Waals surface area contributed by atoms with Crippen molar-refractivity contribution in [1.29, 1.82) is 0 Å². The van der Waals surface area contributed by atoms with Gasteiger partial charge in [0.2, 0.25) is 0 Å². The summed E-state index contributed by atoms with van der Waals surface area (Å²) < 4.78 is 27.7. The predicted molar refractivity (Wildman–Crippen MR) is 105 cm³/mol. The number of nitrogens with zero attached hydrogens (tertiary/aromatic N) is 3. The van der Waals surface area contributed by atoms with Crippen LogP contribution in [0.3, 0.4) is 0 Å². The molecule has 2 aromatic rings. The SMILES string of the molecule is CCNC(=O)N(C)CC(=O)N1N=C(c2ccc(F)cc2)C[C@H]1c1ccccc1F. The fraction of sp³-hybridized carbons (Fsp3) is 0.286. The maximum Gasteiger partial charge on any atom is 0.317 e. The summed E-state index contributed by atoms with van der Waals surface area (Å²) in [6.45, 7) is 2.00. The molecule has 0 unspecified atom stereocenters. The summed E-state index contributed by atoms with van der Waals surface area (Å²) in [5.74, 6) is -1.26. The molecule has 0 aliphatic carbocycles. The number of benzene rings is 2. The Morgan fingerprint density at radius 1 is 1.17 bits per heavy atom. The monoisotopic (exact) mass is 400 g/mol. The average molecular weight is 400 g/mol. The van der Waals surface area contributed by atoms with Gasteiger partial charge in [0.05, 0.1) is 11.8 Å². The third kappa shape index (κ3) is 4.59. The topological polar surface area (TPSA) is 65.0 Å². The smallest absolute Gasteiger partial charge is 0.317 e. The van der Waals surface area contributed by atoms with Crippen molar-refractivity contribution in [3.8, 4) is 0 Å². The largest absolute Gasteiger partial charge is 0.338 e. The molecule has 3 rings (SSSR count). The number of carbonyl (C=O) groups is 2. The Morgan fingerprint density at radius 3 is 2.52 bits per heavy atom. The molecule has 0 saturated carbocycles. The Morgan fingerprint density at radius 2 is 1.86 bits per heavy atom. The molecule has 0 spiro atoms. The summed E-state index contributed by atoms with van der Waals surface area (Å²) in [4.78, 5) is 26.1. The lowest BCUT2D eigenvalue weighted by Crippen LogP contribution is -2.43. The highest BCUT2D eigenvalue weighted by Crippen LogP contribution is 2.34. The van der Waals surface area contributed by atoms with Gasteiger partial charge in [0.1, 0.15) is 18.2 Å². The highest BCUT2D eigenvalue weighted by atomic mass is 19.1. The van der Waals surface area contributed by atoms with Crippen LogP contribution in [0.4, 0.5) is 13.6 Å². The minimum absolute atomic E-state index is 0.211. The number of hydrogen-bond acceptors (Lipinski definition) is 3. The van der Waals surface area contributed by atoms with Crippen molar-refractivity contribution in [2.24, 2.45) is 5.10 Å². The van der Waals surface area contributed by atoms with E-state index in [4.69, 9.17) is 0 Å². The molecule has 3 amide bonds. The maximum atomic E-state index is 14.4. The number of nitrogens with one attached hydrogen (secondary N) is 1. The average Bonchev–Trinajstić information content (AvgIpc) is 3.14. The fourth-order valence-electron chi connectivity index (χ4n) is 3.18. The summed E-state index contributed by atoms with van der Waals surface area (Å²) in [5.41, 5.74) is 1.54. The zero-order valence-electron chi connectivity index (χ0n) is 16.2. The summed E-state index contributed by atoms with van der Waals surface area (Å²) >= 11 is 0. The van der Waals surface area contributed by atoms with Gasteiger partial charge < -0.3 is 10.2 Å². The highest BCUT2D eigenvalue weighted by Gasteiger charge is 2.35. The molecular weight excluding hydrogens is 378 g/mol. The molecule has 2 aromatic carbocycles. The molecule has 1 atom stereocenters. The molecule has 29 heavy (non-hydrogen) atoms. The van der Waals surface area contributed by atoms with Gasteiger partial charge in [-0.25, -0.2) is 18.6 Å². The lowest BCUT2D eigenvalue weighted by molar-refractivity contribution is -0.133. The second-order valence-electron chi connectivity index (χ2n) is 6.72. The van der Waals surface area contributed by atoms with Crippen LogP contribution in [0.1, 0.15) is 30.5 Å². The van der Waals surface area contributed by atoms with Gasteiger partial charge in [0.15, 0.2) is 0 Å². The lowest BCUT2D eigenvalue weighted by atomic mass is 9.98. The highest BCUT2D eigenvalue weighted by molar-refractivity contribution is 6.03. The molecule has 1 N–H and O–H groups in total. The van der Waals surface area contributed by atoms with Gasteiger partial charge in [0, 0.05) is 25.6 Å². The van der Waals surface area contributed by atoms with Crippen LogP contribution in [0.15, 0.2) is 53.6 Å². The van der Waals surface area contributed by atoms with E-state index >= 15 is 0 Å². The molecule has 0 aromatic heterocycles. The number of amides is 3. The van der Waals surface area contributed by atoms with Crippen molar-refractivity contribution in [2.45, 2.75) is 19.4 Å². The number of rotatable bonds is 5. The minimum Gasteiger partial charge on any atom is -0.338 e. The third-order valence-electron chi connectivity index (χ3n) is 4.65. The van der Waals surface area contributed by atoms with Crippen LogP contribution >= 0.6 is 0 Å². The number of carbonyl (C=O) groups excluding carboxylic acids is 2. The first-order chi connectivity index (χ1) is 13.9. The van der Waals surface area contributed by atoms with E-state index in [0.29, 0.717) is 23.4 Å². The van der Waals surface area contributed by atoms with Gasteiger partial charge in [-0.05, 0) is 30.7 Å². The molecule has 0 fully saturated rings. The van der Waals surface area contributed by atoms with Crippen LogP contribution in [0.2, 0.25) is 0 Å². The van der Waals surface area contributed by atoms with E-state index in [-0.39, 0.29) is 24.8 Å². The summed E-state index contributed by atoms with van der Waals surface area (Å²) in [6.07, 6.45) is 0.281. The standard InChI is InChI=1S/C21H22F2N4O2/c1-3-24-21(29)26(2)13-20(28)27-19(16-6-4-5-7-17(16)23)12-18(25-27)14-8-10-15(22)11-9-14/h4-11,19H,3,12-13H2,1-2H3,(H,24,29)/t19-/m0/s1. The van der Waals surface area contributed by atoms with Crippen molar-refractivity contribution in [3.05, 3.63) is 71.3 Å². The van der Waals surface area contributed by atoms with Crippen molar-refractivity contribution < 1.29 is 18.4 Å². The zero-order valence-corrected chi connectivity index (χ0v) is 16.2. The fourth-order valence-corrected chi connectivity index (χ4v) is 3.18. The van der Waals surface area contributed by atoms with E-state index in [9.17, 15) is 18.4 Å². The summed E-state index contributed by atoms with van der Waals surface area (Å²) in [5, 5.41) is 8.23. The van der Waals surface area contributed by atoms with Crippen LogP contribution in [0, 0.1) is 11.6 Å². The first-order valence-corrected chi connectivity index (χ1v) is 9.29. The molecule has 0 bridgehead atoms. The molecule has 8 heteroatoms. The molecule has 6 nitrogen and oxygen atoms in total. The van der Waals surface area contributed by atoms with Crippen molar-refractivity contribution in [3.63, 3.8) is 0 Å². The Labute approximate surface area is 167 Å². The number of likely N-dealkylation sites (N-methyl/N-ethyl adjacent to an activating group) is 1. The lowest BCUT2D eigenvalue weighted by Gasteiger charge is -2.25. The number of hydrazone groups is 1. The van der Waals surface area contributed by atoms with Crippen LogP contribution in [0.25, 0.3) is 0 Å². The molecular formula is C21H22F2N4O2. The summed E-state index contributed by atoms with van der Waals surface area (Å²) in [6, 6.07) is 10.9. The van der Waals surface area contributed by atoms with Gasteiger partial charge in [0.25, 0.3) is 5.91 Å². The van der Waals surface area contributed by atoms with Crippen molar-refractivity contribution in [1.82, 2.24) is 15.2 Å². The molecule has 152 valence electrons. The second-order valence-corrected chi connectivity index (χ2v) is 6.72. The first-order valence-electron chi connectivity index (χ1n) is 9.29. The molecule has 0 saturated heterocycles. The van der Waals surface area contributed by atoms with Crippen molar-refractivity contribution in [2.75, 3.05) is 20.1 Å².